The zero-order chi connectivity index (χ0) is 19.7. The molecule has 0 bridgehead atoms. The maximum Gasteiger partial charge on any atom is 0.339 e. The Hall–Kier alpha value is -2.98. The standard InChI is InChI=1S/C16H20N2O8/c1-23-12(24-2)8-17-13(19)14(20)18-11-7-9(15(21)25-3)5-6-10(11)16(22)26-4/h5-7,12H,8H2,1-4H3,(H,17,19)(H,18,20). The van der Waals surface area contributed by atoms with Crippen molar-refractivity contribution >= 4 is 29.4 Å². The molecule has 0 radical (unpaired) electrons. The molecule has 1 aromatic rings. The number of ether oxygens (including phenoxy) is 4. The summed E-state index contributed by atoms with van der Waals surface area (Å²) in [6.07, 6.45) is -0.722. The number of esters is 2. The third-order valence-electron chi connectivity index (χ3n) is 3.26. The first-order valence-corrected chi connectivity index (χ1v) is 7.33. The highest BCUT2D eigenvalue weighted by Gasteiger charge is 2.21. The van der Waals surface area contributed by atoms with Crippen molar-refractivity contribution in [2.75, 3.05) is 40.3 Å². The number of hydrogen-bond donors (Lipinski definition) is 2. The first kappa shape index (κ1) is 21.1. The molecule has 0 aliphatic rings. The third-order valence-corrected chi connectivity index (χ3v) is 3.26. The lowest BCUT2D eigenvalue weighted by Gasteiger charge is -2.14. The van der Waals surface area contributed by atoms with E-state index in [0.717, 1.165) is 7.11 Å². The maximum absolute atomic E-state index is 12.0. The molecular formula is C16H20N2O8. The summed E-state index contributed by atoms with van der Waals surface area (Å²) in [6.45, 7) is -0.0642. The Kier molecular flexibility index (Phi) is 8.19. The van der Waals surface area contributed by atoms with Crippen LogP contribution in [0.2, 0.25) is 0 Å². The molecule has 2 N–H and O–H groups in total. The molecule has 0 aliphatic heterocycles. The number of benzene rings is 1. The summed E-state index contributed by atoms with van der Waals surface area (Å²) in [5.74, 6) is -3.47. The summed E-state index contributed by atoms with van der Waals surface area (Å²) in [5, 5.41) is 4.57. The van der Waals surface area contributed by atoms with E-state index >= 15 is 0 Å². The van der Waals surface area contributed by atoms with Crippen molar-refractivity contribution in [1.82, 2.24) is 5.32 Å². The molecule has 26 heavy (non-hydrogen) atoms. The van der Waals surface area contributed by atoms with E-state index in [9.17, 15) is 19.2 Å². The molecule has 10 heteroatoms. The van der Waals surface area contributed by atoms with Crippen molar-refractivity contribution in [3.05, 3.63) is 29.3 Å². The molecule has 1 aromatic carbocycles. The molecule has 1 rings (SSSR count). The van der Waals surface area contributed by atoms with Gasteiger partial charge in [0.1, 0.15) is 0 Å². The Bertz CT molecular complexity index is 685. The summed E-state index contributed by atoms with van der Waals surface area (Å²) < 4.78 is 19.0. The molecule has 0 saturated heterocycles. The van der Waals surface area contributed by atoms with Gasteiger partial charge in [0.15, 0.2) is 6.29 Å². The van der Waals surface area contributed by atoms with Crippen LogP contribution in [0.5, 0.6) is 0 Å². The number of amides is 2. The fourth-order valence-electron chi connectivity index (χ4n) is 1.88. The Morgan fingerprint density at radius 1 is 0.923 bits per heavy atom. The van der Waals surface area contributed by atoms with Gasteiger partial charge in [0.2, 0.25) is 0 Å². The molecule has 0 heterocycles. The molecule has 0 fully saturated rings. The number of hydrogen-bond acceptors (Lipinski definition) is 8. The van der Waals surface area contributed by atoms with Crippen LogP contribution >= 0.6 is 0 Å². The molecule has 0 atom stereocenters. The Labute approximate surface area is 149 Å². The van der Waals surface area contributed by atoms with E-state index in [1.807, 2.05) is 0 Å². The molecule has 0 saturated carbocycles. The quantitative estimate of drug-likeness (QED) is 0.389. The highest BCUT2D eigenvalue weighted by Crippen LogP contribution is 2.19. The predicted octanol–water partition coefficient (Wildman–Crippen LogP) is -0.0666. The van der Waals surface area contributed by atoms with E-state index in [2.05, 4.69) is 20.1 Å². The maximum atomic E-state index is 12.0. The van der Waals surface area contributed by atoms with Crippen molar-refractivity contribution < 1.29 is 38.1 Å². The van der Waals surface area contributed by atoms with Crippen LogP contribution in [0.3, 0.4) is 0 Å². The molecule has 10 nitrogen and oxygen atoms in total. The van der Waals surface area contributed by atoms with Gasteiger partial charge in [-0.25, -0.2) is 9.59 Å². The molecule has 0 spiro atoms. The van der Waals surface area contributed by atoms with Crippen molar-refractivity contribution in [3.8, 4) is 0 Å². The summed E-state index contributed by atoms with van der Waals surface area (Å²) in [4.78, 5) is 47.3. The van der Waals surface area contributed by atoms with Crippen LogP contribution in [-0.2, 0) is 28.5 Å². The molecule has 2 amide bonds. The second kappa shape index (κ2) is 10.1. The number of nitrogens with one attached hydrogen (secondary N) is 2. The number of carbonyl (C=O) groups is 4. The fourth-order valence-corrected chi connectivity index (χ4v) is 1.88. The first-order chi connectivity index (χ1) is 12.4. The van der Waals surface area contributed by atoms with Gasteiger partial charge in [-0.1, -0.05) is 0 Å². The van der Waals surface area contributed by atoms with Crippen LogP contribution < -0.4 is 10.6 Å². The van der Waals surface area contributed by atoms with E-state index in [4.69, 9.17) is 9.47 Å². The smallest absolute Gasteiger partial charge is 0.339 e. The molecule has 0 aromatic heterocycles. The van der Waals surface area contributed by atoms with E-state index < -0.39 is 30.0 Å². The minimum atomic E-state index is -1.05. The van der Waals surface area contributed by atoms with E-state index in [-0.39, 0.29) is 23.4 Å². The number of rotatable bonds is 7. The van der Waals surface area contributed by atoms with Gasteiger partial charge in [0, 0.05) is 14.2 Å². The van der Waals surface area contributed by atoms with Gasteiger partial charge < -0.3 is 29.6 Å². The highest BCUT2D eigenvalue weighted by atomic mass is 16.7. The highest BCUT2D eigenvalue weighted by molar-refractivity contribution is 6.40. The lowest BCUT2D eigenvalue weighted by molar-refractivity contribution is -0.139. The van der Waals surface area contributed by atoms with Crippen LogP contribution in [0.15, 0.2) is 18.2 Å². The second-order valence-electron chi connectivity index (χ2n) is 4.81. The average Bonchev–Trinajstić information content (AvgIpc) is 2.67. The average molecular weight is 368 g/mol. The Morgan fingerprint density at radius 3 is 2.08 bits per heavy atom. The molecular weight excluding hydrogens is 348 g/mol. The Morgan fingerprint density at radius 2 is 1.54 bits per heavy atom. The summed E-state index contributed by atoms with van der Waals surface area (Å²) in [6, 6.07) is 3.81. The van der Waals surface area contributed by atoms with E-state index in [1.165, 1.54) is 39.5 Å². The van der Waals surface area contributed by atoms with Crippen LogP contribution in [-0.4, -0.2) is 65.0 Å². The number of carbonyl (C=O) groups excluding carboxylic acids is 4. The SMILES string of the molecule is COC(=O)c1ccc(C(=O)OC)c(NC(=O)C(=O)NCC(OC)OC)c1. The fraction of sp³-hybridized carbons (Fsp3) is 0.375. The van der Waals surface area contributed by atoms with Crippen LogP contribution in [0.4, 0.5) is 5.69 Å². The minimum absolute atomic E-state index is 0.0343. The van der Waals surface area contributed by atoms with Gasteiger partial charge in [-0.2, -0.15) is 0 Å². The van der Waals surface area contributed by atoms with Gasteiger partial charge in [-0.05, 0) is 18.2 Å². The summed E-state index contributed by atoms with van der Waals surface area (Å²) >= 11 is 0. The van der Waals surface area contributed by atoms with Crippen LogP contribution in [0.1, 0.15) is 20.7 Å². The largest absolute Gasteiger partial charge is 0.465 e. The van der Waals surface area contributed by atoms with Crippen molar-refractivity contribution in [2.24, 2.45) is 0 Å². The number of methoxy groups -OCH3 is 4. The summed E-state index contributed by atoms with van der Waals surface area (Å²) in [5.41, 5.74) is -0.0300. The lowest BCUT2D eigenvalue weighted by Crippen LogP contribution is -2.40. The Balaban J connectivity index is 2.97. The van der Waals surface area contributed by atoms with E-state index in [0.29, 0.717) is 0 Å². The zero-order valence-electron chi connectivity index (χ0n) is 14.8. The monoisotopic (exact) mass is 368 g/mol. The third kappa shape index (κ3) is 5.53. The predicted molar refractivity (Wildman–Crippen MR) is 88.6 cm³/mol. The first-order valence-electron chi connectivity index (χ1n) is 7.33. The zero-order valence-corrected chi connectivity index (χ0v) is 14.8. The van der Waals surface area contributed by atoms with Crippen molar-refractivity contribution in [2.45, 2.75) is 6.29 Å². The minimum Gasteiger partial charge on any atom is -0.465 e. The number of anilines is 1. The van der Waals surface area contributed by atoms with Gasteiger partial charge in [-0.15, -0.1) is 0 Å². The second-order valence-corrected chi connectivity index (χ2v) is 4.81. The van der Waals surface area contributed by atoms with Crippen molar-refractivity contribution in [3.63, 3.8) is 0 Å². The van der Waals surface area contributed by atoms with Gasteiger partial charge >= 0.3 is 23.8 Å². The van der Waals surface area contributed by atoms with Crippen molar-refractivity contribution in [1.29, 1.82) is 0 Å². The van der Waals surface area contributed by atoms with Gasteiger partial charge in [0.25, 0.3) is 0 Å². The normalized spacial score (nSPS) is 10.2. The lowest BCUT2D eigenvalue weighted by atomic mass is 10.1. The summed E-state index contributed by atoms with van der Waals surface area (Å²) in [7, 11) is 5.09. The van der Waals surface area contributed by atoms with Crippen LogP contribution in [0, 0.1) is 0 Å². The van der Waals surface area contributed by atoms with Gasteiger partial charge in [-0.3, -0.25) is 9.59 Å². The van der Waals surface area contributed by atoms with Gasteiger partial charge in [0.05, 0.1) is 37.6 Å². The van der Waals surface area contributed by atoms with Crippen LogP contribution in [0.25, 0.3) is 0 Å². The molecule has 0 unspecified atom stereocenters. The molecule has 0 aliphatic carbocycles. The topological polar surface area (TPSA) is 129 Å². The molecule has 142 valence electrons. The van der Waals surface area contributed by atoms with E-state index in [1.54, 1.807) is 0 Å².